The topological polar surface area (TPSA) is 64.4 Å². The molecule has 0 radical (unpaired) electrons. The Morgan fingerprint density at radius 3 is 2.74 bits per heavy atom. The van der Waals surface area contributed by atoms with Gasteiger partial charge in [0.1, 0.15) is 0 Å². The van der Waals surface area contributed by atoms with Crippen LogP contribution in [0.1, 0.15) is 40.4 Å². The third-order valence-electron chi connectivity index (χ3n) is 3.64. The van der Waals surface area contributed by atoms with Crippen molar-refractivity contribution in [2.75, 3.05) is 13.2 Å². The molecule has 6 heteroatoms. The fourth-order valence-corrected chi connectivity index (χ4v) is 3.40. The molecule has 2 fully saturated rings. The van der Waals surface area contributed by atoms with Gasteiger partial charge in [-0.25, -0.2) is 0 Å². The van der Waals surface area contributed by atoms with Crippen LogP contribution in [0.3, 0.4) is 0 Å². The van der Waals surface area contributed by atoms with Gasteiger partial charge in [0.05, 0.1) is 5.56 Å². The monoisotopic (exact) mass is 302 g/mol. The Hall–Kier alpha value is -0.620. The third-order valence-corrected chi connectivity index (χ3v) is 4.71. The van der Waals surface area contributed by atoms with Crippen LogP contribution in [0, 0.1) is 0 Å². The van der Waals surface area contributed by atoms with Crippen LogP contribution in [-0.4, -0.2) is 31.2 Å². The second-order valence-corrected chi connectivity index (χ2v) is 6.05. The zero-order valence-electron chi connectivity index (χ0n) is 10.6. The maximum Gasteiger partial charge on any atom is 0.252 e. The van der Waals surface area contributed by atoms with E-state index in [1.807, 2.05) is 11.4 Å². The number of hydrogen-bond acceptors (Lipinski definition) is 4. The van der Waals surface area contributed by atoms with Crippen LogP contribution in [-0.2, 0) is 4.74 Å². The summed E-state index contributed by atoms with van der Waals surface area (Å²) >= 11 is 1.65. The summed E-state index contributed by atoms with van der Waals surface area (Å²) in [5.74, 6) is 0.526. The number of amides is 1. The van der Waals surface area contributed by atoms with Crippen molar-refractivity contribution in [1.82, 2.24) is 5.32 Å². The van der Waals surface area contributed by atoms with Gasteiger partial charge in [-0.2, -0.15) is 0 Å². The van der Waals surface area contributed by atoms with Crippen molar-refractivity contribution in [3.63, 3.8) is 0 Å². The van der Waals surface area contributed by atoms with Gasteiger partial charge < -0.3 is 15.8 Å². The van der Waals surface area contributed by atoms with Gasteiger partial charge in [-0.1, -0.05) is 0 Å². The molecule has 4 nitrogen and oxygen atoms in total. The molecule has 2 unspecified atom stereocenters. The van der Waals surface area contributed by atoms with Crippen molar-refractivity contribution in [3.8, 4) is 0 Å². The fourth-order valence-electron chi connectivity index (χ4n) is 2.32. The van der Waals surface area contributed by atoms with E-state index in [4.69, 9.17) is 10.5 Å². The smallest absolute Gasteiger partial charge is 0.252 e. The predicted molar refractivity (Wildman–Crippen MR) is 78.2 cm³/mol. The molecule has 1 aliphatic carbocycles. The van der Waals surface area contributed by atoms with Gasteiger partial charge in [0.15, 0.2) is 0 Å². The summed E-state index contributed by atoms with van der Waals surface area (Å²) in [4.78, 5) is 13.3. The lowest BCUT2D eigenvalue weighted by atomic mass is 10.1. The van der Waals surface area contributed by atoms with Crippen molar-refractivity contribution in [2.45, 2.75) is 37.3 Å². The molecule has 0 aromatic carbocycles. The third kappa shape index (κ3) is 3.48. The highest BCUT2D eigenvalue weighted by Gasteiger charge is 2.36. The van der Waals surface area contributed by atoms with Crippen LogP contribution in [0.15, 0.2) is 11.4 Å². The highest BCUT2D eigenvalue weighted by molar-refractivity contribution is 7.10. The molecule has 1 aromatic rings. The normalized spacial score (nSPS) is 26.6. The second kappa shape index (κ2) is 6.22. The molecule has 2 heterocycles. The standard InChI is InChI=1S/C13H18N2O2S.ClH/c14-11-6-10(11)12-5-8(7-18-12)13(16)15-9-1-3-17-4-2-9;/h5,7,9-11H,1-4,6,14H2,(H,15,16);1H. The summed E-state index contributed by atoms with van der Waals surface area (Å²) in [7, 11) is 0. The average molecular weight is 303 g/mol. The summed E-state index contributed by atoms with van der Waals surface area (Å²) in [5.41, 5.74) is 6.60. The Labute approximate surface area is 123 Å². The summed E-state index contributed by atoms with van der Waals surface area (Å²) in [6, 6.07) is 2.56. The second-order valence-electron chi connectivity index (χ2n) is 5.10. The number of ether oxygens (including phenoxy) is 1. The van der Waals surface area contributed by atoms with E-state index >= 15 is 0 Å². The number of nitrogens with two attached hydrogens (primary N) is 1. The molecular weight excluding hydrogens is 284 g/mol. The number of carbonyl (C=O) groups is 1. The van der Waals surface area contributed by atoms with Crippen molar-refractivity contribution in [2.24, 2.45) is 5.73 Å². The van der Waals surface area contributed by atoms with Crippen LogP contribution < -0.4 is 11.1 Å². The Morgan fingerprint density at radius 2 is 2.11 bits per heavy atom. The molecule has 106 valence electrons. The highest BCUT2D eigenvalue weighted by atomic mass is 35.5. The number of hydrogen-bond donors (Lipinski definition) is 2. The first-order valence-corrected chi connectivity index (χ1v) is 7.34. The quantitative estimate of drug-likeness (QED) is 0.896. The zero-order valence-corrected chi connectivity index (χ0v) is 12.3. The SMILES string of the molecule is Cl.NC1CC1c1cc(C(=O)NC2CCOCC2)cs1. The average Bonchev–Trinajstić information content (AvgIpc) is 2.93. The zero-order chi connectivity index (χ0) is 12.5. The van der Waals surface area contributed by atoms with Crippen LogP contribution in [0.25, 0.3) is 0 Å². The lowest BCUT2D eigenvalue weighted by Gasteiger charge is -2.22. The number of carbonyl (C=O) groups excluding carboxylic acids is 1. The minimum Gasteiger partial charge on any atom is -0.381 e. The van der Waals surface area contributed by atoms with Crippen molar-refractivity contribution in [3.05, 3.63) is 21.9 Å². The summed E-state index contributed by atoms with van der Waals surface area (Å²) in [6.45, 7) is 1.49. The maximum absolute atomic E-state index is 12.1. The molecule has 1 aliphatic heterocycles. The van der Waals surface area contributed by atoms with Gasteiger partial charge >= 0.3 is 0 Å². The van der Waals surface area contributed by atoms with Gasteiger partial charge in [0.2, 0.25) is 0 Å². The van der Waals surface area contributed by atoms with E-state index in [0.717, 1.165) is 38.0 Å². The maximum atomic E-state index is 12.1. The molecule has 1 amide bonds. The predicted octanol–water partition coefficient (Wildman–Crippen LogP) is 1.89. The van der Waals surface area contributed by atoms with E-state index in [0.29, 0.717) is 12.0 Å². The Kier molecular flexibility index (Phi) is 4.84. The summed E-state index contributed by atoms with van der Waals surface area (Å²) in [6.07, 6.45) is 2.88. The van der Waals surface area contributed by atoms with E-state index in [1.165, 1.54) is 4.88 Å². The number of nitrogens with one attached hydrogen (secondary N) is 1. The minimum atomic E-state index is 0. The molecule has 3 rings (SSSR count). The van der Waals surface area contributed by atoms with Crippen LogP contribution in [0.2, 0.25) is 0 Å². The molecule has 19 heavy (non-hydrogen) atoms. The molecule has 2 aliphatic rings. The Bertz CT molecular complexity index is 446. The van der Waals surface area contributed by atoms with Gasteiger partial charge in [-0.05, 0) is 25.3 Å². The van der Waals surface area contributed by atoms with Gasteiger partial charge in [0.25, 0.3) is 5.91 Å². The fraction of sp³-hybridized carbons (Fsp3) is 0.615. The molecule has 1 saturated carbocycles. The van der Waals surface area contributed by atoms with Crippen molar-refractivity contribution in [1.29, 1.82) is 0 Å². The van der Waals surface area contributed by atoms with E-state index < -0.39 is 0 Å². The Morgan fingerprint density at radius 1 is 1.42 bits per heavy atom. The lowest BCUT2D eigenvalue weighted by Crippen LogP contribution is -2.38. The van der Waals surface area contributed by atoms with Crippen molar-refractivity contribution >= 4 is 29.7 Å². The van der Waals surface area contributed by atoms with Crippen molar-refractivity contribution < 1.29 is 9.53 Å². The van der Waals surface area contributed by atoms with Crippen LogP contribution >= 0.6 is 23.7 Å². The van der Waals surface area contributed by atoms with E-state index in [9.17, 15) is 4.79 Å². The summed E-state index contributed by atoms with van der Waals surface area (Å²) in [5, 5.41) is 5.02. The first kappa shape index (κ1) is 14.8. The van der Waals surface area contributed by atoms with E-state index in [-0.39, 0.29) is 24.4 Å². The summed E-state index contributed by atoms with van der Waals surface area (Å²) < 4.78 is 5.28. The molecule has 1 aromatic heterocycles. The first-order chi connectivity index (χ1) is 8.74. The molecule has 1 saturated heterocycles. The van der Waals surface area contributed by atoms with E-state index in [1.54, 1.807) is 11.3 Å². The molecule has 2 atom stereocenters. The number of halogens is 1. The molecule has 3 N–H and O–H groups in total. The van der Waals surface area contributed by atoms with Gasteiger partial charge in [0, 0.05) is 41.5 Å². The lowest BCUT2D eigenvalue weighted by molar-refractivity contribution is 0.0696. The molecule has 0 bridgehead atoms. The van der Waals surface area contributed by atoms with Gasteiger partial charge in [-0.3, -0.25) is 4.79 Å². The van der Waals surface area contributed by atoms with Crippen LogP contribution in [0.5, 0.6) is 0 Å². The van der Waals surface area contributed by atoms with E-state index in [2.05, 4.69) is 5.32 Å². The molecule has 0 spiro atoms. The molecular formula is C13H19ClN2O2S. The Balaban J connectivity index is 0.00000133. The number of thiophene rings is 1. The van der Waals surface area contributed by atoms with Crippen LogP contribution in [0.4, 0.5) is 0 Å². The largest absolute Gasteiger partial charge is 0.381 e. The van der Waals surface area contributed by atoms with Gasteiger partial charge in [-0.15, -0.1) is 23.7 Å². The minimum absolute atomic E-state index is 0. The number of rotatable bonds is 3. The first-order valence-electron chi connectivity index (χ1n) is 6.46. The highest BCUT2D eigenvalue weighted by Crippen LogP contribution is 2.41.